The highest BCUT2D eigenvalue weighted by Crippen LogP contribution is 2.53. The van der Waals surface area contributed by atoms with Gasteiger partial charge in [-0.3, -0.25) is 19.2 Å². The van der Waals surface area contributed by atoms with Crippen LogP contribution in [0.2, 0.25) is 0 Å². The fourth-order valence-electron chi connectivity index (χ4n) is 4.18. The number of allylic oxidation sites excluding steroid dienone is 9. The first-order chi connectivity index (χ1) is 16.4. The van der Waals surface area contributed by atoms with Crippen molar-refractivity contribution in [2.24, 2.45) is 29.2 Å². The smallest absolute Gasteiger partial charge is 0.312 e. The molecule has 1 saturated carbocycles. The molecule has 3 atom stereocenters. The van der Waals surface area contributed by atoms with Crippen LogP contribution >= 0.6 is 0 Å². The number of hydrogen-bond donors (Lipinski definition) is 2. The summed E-state index contributed by atoms with van der Waals surface area (Å²) in [6.07, 6.45) is 15.0. The molecule has 3 aliphatic carbocycles. The molecule has 3 aliphatic rings. The van der Waals surface area contributed by atoms with E-state index in [2.05, 4.69) is 0 Å². The fraction of sp³-hybridized carbons (Fsp3) is 0.462. The number of carbonyl (C=O) groups is 4. The summed E-state index contributed by atoms with van der Waals surface area (Å²) in [4.78, 5) is 47.5. The molecule has 0 aromatic heterocycles. The van der Waals surface area contributed by atoms with Crippen molar-refractivity contribution in [2.75, 3.05) is 13.1 Å². The highest BCUT2D eigenvalue weighted by molar-refractivity contribution is 6.04. The first-order valence-electron chi connectivity index (χ1n) is 11.7. The minimum absolute atomic E-state index is 0.0764. The molecule has 8 nitrogen and oxygen atoms in total. The van der Waals surface area contributed by atoms with Gasteiger partial charge in [0.2, 0.25) is 0 Å². The summed E-state index contributed by atoms with van der Waals surface area (Å²) >= 11 is 0. The minimum atomic E-state index is -0.348. The molecule has 0 amide bonds. The van der Waals surface area contributed by atoms with Crippen LogP contribution in [0.15, 0.2) is 59.6 Å². The molecule has 4 N–H and O–H groups in total. The zero-order valence-corrected chi connectivity index (χ0v) is 19.2. The Morgan fingerprint density at radius 1 is 0.941 bits per heavy atom. The van der Waals surface area contributed by atoms with Gasteiger partial charge < -0.3 is 20.9 Å². The molecule has 3 unspecified atom stereocenters. The fourth-order valence-corrected chi connectivity index (χ4v) is 4.18. The number of ether oxygens (including phenoxy) is 2. The number of Topliss-reactive ketones (excluding diaryl/α,β-unsaturated/α-hetero) is 1. The Hall–Kier alpha value is -3.10. The van der Waals surface area contributed by atoms with Crippen molar-refractivity contribution in [1.82, 2.24) is 0 Å². The Labute approximate surface area is 199 Å². The number of hydrogen-bond acceptors (Lipinski definition) is 8. The van der Waals surface area contributed by atoms with Crippen LogP contribution in [0.5, 0.6) is 0 Å². The van der Waals surface area contributed by atoms with Gasteiger partial charge in [-0.25, -0.2) is 0 Å². The lowest BCUT2D eigenvalue weighted by atomic mass is 10.0. The van der Waals surface area contributed by atoms with E-state index in [1.165, 1.54) is 6.08 Å². The molecule has 0 aromatic carbocycles. The standard InChI is InChI=1S/C26H32N2O6/c27-13-11-25(31)33-20-6-2-17(3-7-20)1-4-18(29)15-19(30)5-9-22-23-10-8-21(16-24(22)23)34-26(32)12-14-28/h1-2,4,6,8,10,16,22-24H,3,5,7,9,11-15,27-28H2/b4-1+. The van der Waals surface area contributed by atoms with E-state index in [1.54, 1.807) is 24.3 Å². The first-order valence-corrected chi connectivity index (χ1v) is 11.7. The van der Waals surface area contributed by atoms with E-state index in [0.29, 0.717) is 49.0 Å². The zero-order valence-electron chi connectivity index (χ0n) is 19.2. The summed E-state index contributed by atoms with van der Waals surface area (Å²) in [6.45, 7) is 0.503. The van der Waals surface area contributed by atoms with E-state index in [4.69, 9.17) is 20.9 Å². The Balaban J connectivity index is 1.37. The van der Waals surface area contributed by atoms with Gasteiger partial charge in [0.25, 0.3) is 0 Å². The maximum absolute atomic E-state index is 12.3. The van der Waals surface area contributed by atoms with Gasteiger partial charge >= 0.3 is 11.9 Å². The third kappa shape index (κ3) is 7.74. The van der Waals surface area contributed by atoms with Crippen molar-refractivity contribution < 1.29 is 28.7 Å². The SMILES string of the molecule is NCCC(=O)OC1=CC2C(C=C1)C2CCC(=O)CC(=O)/C=C/C1=CC=C(OC(=O)CCN)CC1. The van der Waals surface area contributed by atoms with Crippen LogP contribution in [-0.2, 0) is 28.7 Å². The second-order valence-corrected chi connectivity index (χ2v) is 8.70. The van der Waals surface area contributed by atoms with Crippen molar-refractivity contribution >= 4 is 23.5 Å². The normalized spacial score (nSPS) is 22.9. The van der Waals surface area contributed by atoms with Gasteiger partial charge in [-0.15, -0.1) is 0 Å². The lowest BCUT2D eigenvalue weighted by Crippen LogP contribution is -2.11. The van der Waals surface area contributed by atoms with Gasteiger partial charge in [0, 0.05) is 25.9 Å². The van der Waals surface area contributed by atoms with Gasteiger partial charge in [-0.05, 0) is 60.5 Å². The second kappa shape index (κ2) is 12.4. The maximum Gasteiger partial charge on any atom is 0.312 e. The predicted molar refractivity (Wildman–Crippen MR) is 126 cm³/mol. The van der Waals surface area contributed by atoms with Crippen molar-refractivity contribution in [3.8, 4) is 0 Å². The molecular formula is C26H32N2O6. The van der Waals surface area contributed by atoms with E-state index in [0.717, 1.165) is 5.57 Å². The molecule has 0 aliphatic heterocycles. The molecule has 182 valence electrons. The van der Waals surface area contributed by atoms with Crippen LogP contribution in [0.25, 0.3) is 0 Å². The van der Waals surface area contributed by atoms with Gasteiger partial charge in [0.15, 0.2) is 5.78 Å². The second-order valence-electron chi connectivity index (χ2n) is 8.70. The van der Waals surface area contributed by atoms with Gasteiger partial charge in [-0.1, -0.05) is 18.2 Å². The molecule has 8 heteroatoms. The number of nitrogens with two attached hydrogens (primary N) is 2. The summed E-state index contributed by atoms with van der Waals surface area (Å²) in [5.74, 6) is 1.12. The molecule has 3 rings (SSSR count). The average Bonchev–Trinajstić information content (AvgIpc) is 3.49. The summed E-state index contributed by atoms with van der Waals surface area (Å²) < 4.78 is 10.5. The topological polar surface area (TPSA) is 139 Å². The third-order valence-electron chi connectivity index (χ3n) is 6.06. The highest BCUT2D eigenvalue weighted by Gasteiger charge is 2.48. The number of carbonyl (C=O) groups excluding carboxylic acids is 4. The summed E-state index contributed by atoms with van der Waals surface area (Å²) in [5.41, 5.74) is 11.6. The largest absolute Gasteiger partial charge is 0.431 e. The number of ketones is 2. The zero-order chi connectivity index (χ0) is 24.5. The molecule has 0 radical (unpaired) electrons. The highest BCUT2D eigenvalue weighted by atomic mass is 16.5. The summed E-state index contributed by atoms with van der Waals surface area (Å²) in [5, 5.41) is 0. The summed E-state index contributed by atoms with van der Waals surface area (Å²) in [6, 6.07) is 0. The summed E-state index contributed by atoms with van der Waals surface area (Å²) in [7, 11) is 0. The van der Waals surface area contributed by atoms with E-state index in [1.807, 2.05) is 12.2 Å². The van der Waals surface area contributed by atoms with E-state index >= 15 is 0 Å². The predicted octanol–water partition coefficient (Wildman–Crippen LogP) is 2.56. The molecule has 0 saturated heterocycles. The average molecular weight is 469 g/mol. The lowest BCUT2D eigenvalue weighted by Gasteiger charge is -2.12. The molecule has 1 fully saturated rings. The lowest BCUT2D eigenvalue weighted by molar-refractivity contribution is -0.140. The van der Waals surface area contributed by atoms with E-state index in [9.17, 15) is 19.2 Å². The van der Waals surface area contributed by atoms with Crippen LogP contribution < -0.4 is 11.5 Å². The van der Waals surface area contributed by atoms with Crippen molar-refractivity contribution in [3.63, 3.8) is 0 Å². The molecular weight excluding hydrogens is 436 g/mol. The van der Waals surface area contributed by atoms with Gasteiger partial charge in [0.1, 0.15) is 17.3 Å². The molecule has 0 bridgehead atoms. The Kier molecular flexibility index (Phi) is 9.30. The minimum Gasteiger partial charge on any atom is -0.431 e. The maximum atomic E-state index is 12.3. The molecule has 0 heterocycles. The van der Waals surface area contributed by atoms with Crippen LogP contribution in [0.4, 0.5) is 0 Å². The van der Waals surface area contributed by atoms with E-state index < -0.39 is 0 Å². The van der Waals surface area contributed by atoms with Gasteiger partial charge in [0.05, 0.1) is 19.3 Å². The van der Waals surface area contributed by atoms with Gasteiger partial charge in [-0.2, -0.15) is 0 Å². The molecule has 0 aromatic rings. The van der Waals surface area contributed by atoms with E-state index in [-0.39, 0.29) is 61.8 Å². The van der Waals surface area contributed by atoms with Crippen LogP contribution in [0.3, 0.4) is 0 Å². The Bertz CT molecular complexity index is 972. The van der Waals surface area contributed by atoms with Crippen LogP contribution in [0, 0.1) is 17.8 Å². The van der Waals surface area contributed by atoms with Crippen molar-refractivity contribution in [2.45, 2.75) is 44.9 Å². The Morgan fingerprint density at radius 3 is 2.35 bits per heavy atom. The number of fused-ring (bicyclic) bond motifs is 1. The molecule has 0 spiro atoms. The Morgan fingerprint density at radius 2 is 1.68 bits per heavy atom. The third-order valence-corrected chi connectivity index (χ3v) is 6.06. The number of esters is 2. The number of rotatable bonds is 13. The first kappa shape index (κ1) is 25.5. The van der Waals surface area contributed by atoms with Crippen LogP contribution in [0.1, 0.15) is 44.9 Å². The van der Waals surface area contributed by atoms with Crippen molar-refractivity contribution in [1.29, 1.82) is 0 Å². The van der Waals surface area contributed by atoms with Crippen molar-refractivity contribution in [3.05, 3.63) is 59.6 Å². The quantitative estimate of drug-likeness (QED) is 0.239. The van der Waals surface area contributed by atoms with Crippen LogP contribution in [-0.4, -0.2) is 36.6 Å². The monoisotopic (exact) mass is 468 g/mol. The molecule has 34 heavy (non-hydrogen) atoms.